The van der Waals surface area contributed by atoms with Crippen molar-refractivity contribution in [3.63, 3.8) is 0 Å². The first-order valence-corrected chi connectivity index (χ1v) is 7.25. The van der Waals surface area contributed by atoms with Gasteiger partial charge >= 0.3 is 0 Å². The van der Waals surface area contributed by atoms with E-state index in [9.17, 15) is 0 Å². The number of hydrogen-bond donors (Lipinski definition) is 1. The molecule has 94 valence electrons. The summed E-state index contributed by atoms with van der Waals surface area (Å²) >= 11 is 0. The van der Waals surface area contributed by atoms with Crippen LogP contribution in [0, 0.1) is 11.8 Å². The highest BCUT2D eigenvalue weighted by Crippen LogP contribution is 2.31. The Morgan fingerprint density at radius 3 is 2.88 bits per heavy atom. The van der Waals surface area contributed by atoms with E-state index >= 15 is 0 Å². The Hall–Kier alpha value is -0.0800. The van der Waals surface area contributed by atoms with Crippen LogP contribution in [0.1, 0.15) is 46.0 Å². The molecule has 2 aliphatic rings. The number of hydrogen-bond acceptors (Lipinski definition) is 2. The molecule has 1 saturated heterocycles. The highest BCUT2D eigenvalue weighted by molar-refractivity contribution is 4.83. The molecule has 0 bridgehead atoms. The number of rotatable bonds is 4. The summed E-state index contributed by atoms with van der Waals surface area (Å²) in [4.78, 5) is 2.71. The van der Waals surface area contributed by atoms with Crippen molar-refractivity contribution in [3.8, 4) is 0 Å². The molecule has 16 heavy (non-hydrogen) atoms. The Bertz CT molecular complexity index is 203. The fourth-order valence-electron chi connectivity index (χ4n) is 3.43. The molecule has 2 rings (SSSR count). The van der Waals surface area contributed by atoms with Gasteiger partial charge in [0.1, 0.15) is 0 Å². The van der Waals surface area contributed by atoms with Gasteiger partial charge in [-0.25, -0.2) is 0 Å². The minimum atomic E-state index is 0.760. The Morgan fingerprint density at radius 1 is 1.31 bits per heavy atom. The third kappa shape index (κ3) is 3.21. The van der Waals surface area contributed by atoms with Crippen LogP contribution in [-0.2, 0) is 0 Å². The fraction of sp³-hybridized carbons (Fsp3) is 1.00. The molecule has 1 N–H and O–H groups in total. The van der Waals surface area contributed by atoms with Crippen molar-refractivity contribution in [1.29, 1.82) is 0 Å². The van der Waals surface area contributed by atoms with Crippen LogP contribution in [0.3, 0.4) is 0 Å². The second kappa shape index (κ2) is 6.02. The summed E-state index contributed by atoms with van der Waals surface area (Å²) in [6, 6.07) is 0.760. The summed E-state index contributed by atoms with van der Waals surface area (Å²) in [5, 5.41) is 3.64. The van der Waals surface area contributed by atoms with Crippen molar-refractivity contribution in [2.24, 2.45) is 11.8 Å². The highest BCUT2D eigenvalue weighted by Gasteiger charge is 2.27. The maximum atomic E-state index is 3.64. The van der Waals surface area contributed by atoms with E-state index in [1.165, 1.54) is 58.3 Å². The molecule has 0 amide bonds. The third-order valence-corrected chi connectivity index (χ3v) is 4.51. The molecule has 0 aromatic rings. The smallest absolute Gasteiger partial charge is 0.0195 e. The zero-order chi connectivity index (χ0) is 11.4. The molecule has 1 saturated carbocycles. The maximum Gasteiger partial charge on any atom is 0.0195 e. The topological polar surface area (TPSA) is 15.3 Å². The van der Waals surface area contributed by atoms with Crippen LogP contribution in [-0.4, -0.2) is 37.1 Å². The first kappa shape index (κ1) is 12.4. The summed E-state index contributed by atoms with van der Waals surface area (Å²) in [5.41, 5.74) is 0. The van der Waals surface area contributed by atoms with Gasteiger partial charge in [0.15, 0.2) is 0 Å². The predicted molar refractivity (Wildman–Crippen MR) is 69.6 cm³/mol. The van der Waals surface area contributed by atoms with Crippen molar-refractivity contribution in [3.05, 3.63) is 0 Å². The van der Waals surface area contributed by atoms with Crippen LogP contribution in [0.4, 0.5) is 0 Å². The van der Waals surface area contributed by atoms with E-state index in [2.05, 4.69) is 24.1 Å². The molecule has 3 atom stereocenters. The number of nitrogens with one attached hydrogen (secondary N) is 1. The van der Waals surface area contributed by atoms with Gasteiger partial charge in [0.25, 0.3) is 0 Å². The van der Waals surface area contributed by atoms with E-state index in [0.717, 1.165) is 17.9 Å². The van der Waals surface area contributed by atoms with Gasteiger partial charge in [-0.3, -0.25) is 0 Å². The summed E-state index contributed by atoms with van der Waals surface area (Å²) in [6.45, 7) is 9.86. The quantitative estimate of drug-likeness (QED) is 0.789. The molecule has 2 heteroatoms. The molecule has 0 radical (unpaired) electrons. The van der Waals surface area contributed by atoms with E-state index in [1.54, 1.807) is 0 Å². The van der Waals surface area contributed by atoms with Crippen LogP contribution in [0.2, 0.25) is 0 Å². The van der Waals surface area contributed by atoms with E-state index in [0.29, 0.717) is 0 Å². The lowest BCUT2D eigenvalue weighted by molar-refractivity contribution is 0.157. The average molecular weight is 224 g/mol. The monoisotopic (exact) mass is 224 g/mol. The molecule has 2 nitrogen and oxygen atoms in total. The molecule has 3 unspecified atom stereocenters. The molecule has 0 aromatic heterocycles. The van der Waals surface area contributed by atoms with Gasteiger partial charge in [-0.05, 0) is 24.7 Å². The number of nitrogens with zero attached hydrogens (tertiary/aromatic N) is 1. The van der Waals surface area contributed by atoms with Crippen LogP contribution in [0.15, 0.2) is 0 Å². The van der Waals surface area contributed by atoms with Crippen molar-refractivity contribution in [2.75, 3.05) is 26.2 Å². The molecule has 2 fully saturated rings. The van der Waals surface area contributed by atoms with Gasteiger partial charge in [-0.1, -0.05) is 33.1 Å². The normalized spacial score (nSPS) is 36.8. The van der Waals surface area contributed by atoms with E-state index < -0.39 is 0 Å². The van der Waals surface area contributed by atoms with Crippen LogP contribution in [0.5, 0.6) is 0 Å². The molecular formula is C14H28N2. The van der Waals surface area contributed by atoms with Gasteiger partial charge in [0.2, 0.25) is 0 Å². The van der Waals surface area contributed by atoms with Crippen LogP contribution < -0.4 is 5.32 Å². The lowest BCUT2D eigenvalue weighted by Gasteiger charge is -2.36. The van der Waals surface area contributed by atoms with Gasteiger partial charge in [0, 0.05) is 32.2 Å². The van der Waals surface area contributed by atoms with Crippen molar-refractivity contribution < 1.29 is 0 Å². The summed E-state index contributed by atoms with van der Waals surface area (Å²) in [5.74, 6) is 1.96. The molecular weight excluding hydrogens is 196 g/mol. The van der Waals surface area contributed by atoms with E-state index in [4.69, 9.17) is 0 Å². The standard InChI is InChI=1S/C14H28N2/c1-3-5-14-11-16(9-8-15-14)10-13-7-4-6-12(13)2/h12-15H,3-11H2,1-2H3. The van der Waals surface area contributed by atoms with Gasteiger partial charge < -0.3 is 10.2 Å². The van der Waals surface area contributed by atoms with Crippen LogP contribution >= 0.6 is 0 Å². The average Bonchev–Trinajstić information content (AvgIpc) is 2.66. The lowest BCUT2D eigenvalue weighted by atomic mass is 9.97. The first-order chi connectivity index (χ1) is 7.79. The molecule has 1 heterocycles. The van der Waals surface area contributed by atoms with Gasteiger partial charge in [0.05, 0.1) is 0 Å². The minimum absolute atomic E-state index is 0.760. The van der Waals surface area contributed by atoms with E-state index in [-0.39, 0.29) is 0 Å². The zero-order valence-corrected chi connectivity index (χ0v) is 11.0. The highest BCUT2D eigenvalue weighted by atomic mass is 15.2. The number of piperazine rings is 1. The van der Waals surface area contributed by atoms with Crippen molar-refractivity contribution in [1.82, 2.24) is 10.2 Å². The second-order valence-electron chi connectivity index (χ2n) is 5.87. The maximum absolute atomic E-state index is 3.64. The molecule has 0 spiro atoms. The third-order valence-electron chi connectivity index (χ3n) is 4.51. The summed E-state index contributed by atoms with van der Waals surface area (Å²) < 4.78 is 0. The lowest BCUT2D eigenvalue weighted by Crippen LogP contribution is -2.51. The first-order valence-electron chi connectivity index (χ1n) is 7.25. The van der Waals surface area contributed by atoms with Crippen molar-refractivity contribution in [2.45, 2.75) is 52.0 Å². The molecule has 1 aliphatic heterocycles. The van der Waals surface area contributed by atoms with Gasteiger partial charge in [-0.2, -0.15) is 0 Å². The largest absolute Gasteiger partial charge is 0.311 e. The summed E-state index contributed by atoms with van der Waals surface area (Å²) in [7, 11) is 0. The Labute approximate surface area is 101 Å². The zero-order valence-electron chi connectivity index (χ0n) is 11.0. The minimum Gasteiger partial charge on any atom is -0.311 e. The Kier molecular flexibility index (Phi) is 4.66. The van der Waals surface area contributed by atoms with E-state index in [1.807, 2.05) is 0 Å². The Morgan fingerprint density at radius 2 is 2.19 bits per heavy atom. The second-order valence-corrected chi connectivity index (χ2v) is 5.87. The SMILES string of the molecule is CCCC1CN(CC2CCCC2C)CCN1. The van der Waals surface area contributed by atoms with Crippen LogP contribution in [0.25, 0.3) is 0 Å². The predicted octanol–water partition coefficient (Wildman–Crippen LogP) is 2.50. The fourth-order valence-corrected chi connectivity index (χ4v) is 3.43. The molecule has 0 aromatic carbocycles. The van der Waals surface area contributed by atoms with Gasteiger partial charge in [-0.15, -0.1) is 0 Å². The summed E-state index contributed by atoms with van der Waals surface area (Å²) in [6.07, 6.45) is 7.07. The Balaban J connectivity index is 1.76. The molecule has 1 aliphatic carbocycles. The van der Waals surface area contributed by atoms with Crippen molar-refractivity contribution >= 4 is 0 Å².